The van der Waals surface area contributed by atoms with E-state index in [2.05, 4.69) is 23.1 Å². The van der Waals surface area contributed by atoms with Gasteiger partial charge in [0, 0.05) is 24.5 Å². The van der Waals surface area contributed by atoms with E-state index in [1.54, 1.807) is 10.9 Å². The number of allylic oxidation sites excluding steroid dienone is 1. The zero-order valence-electron chi connectivity index (χ0n) is 6.31. The van der Waals surface area contributed by atoms with Crippen LogP contribution in [0.15, 0.2) is 23.6 Å². The van der Waals surface area contributed by atoms with Gasteiger partial charge in [0.15, 0.2) is 5.82 Å². The maximum absolute atomic E-state index is 4.19. The highest BCUT2D eigenvalue weighted by atomic mass is 15.4. The topological polar surface area (TPSA) is 30.2 Å². The van der Waals surface area contributed by atoms with Crippen molar-refractivity contribution in [2.75, 3.05) is 0 Å². The van der Waals surface area contributed by atoms with Crippen LogP contribution < -0.4 is 0 Å². The monoisotopic (exact) mass is 147 g/mol. The number of hydrogen-bond donors (Lipinski definition) is 0. The Labute approximate surface area is 65.1 Å². The first-order valence-electron chi connectivity index (χ1n) is 3.62. The summed E-state index contributed by atoms with van der Waals surface area (Å²) in [5, 5.41) is 4.19. The van der Waals surface area contributed by atoms with Crippen LogP contribution in [0.4, 0.5) is 0 Å². The molecular formula is C8H9N3. The molecule has 0 radical (unpaired) electrons. The van der Waals surface area contributed by atoms with E-state index in [0.717, 1.165) is 5.82 Å². The number of aromatic nitrogens is 2. The summed E-state index contributed by atoms with van der Waals surface area (Å²) in [5.74, 6) is 1.29. The fraction of sp³-hybridized carbons (Fsp3) is 0.250. The van der Waals surface area contributed by atoms with E-state index in [1.807, 2.05) is 18.5 Å². The molecule has 0 amide bonds. The van der Waals surface area contributed by atoms with Gasteiger partial charge in [-0.05, 0) is 6.08 Å². The van der Waals surface area contributed by atoms with Crippen LogP contribution in [0.25, 0.3) is 6.08 Å². The van der Waals surface area contributed by atoms with Crippen LogP contribution in [0.1, 0.15) is 12.7 Å². The van der Waals surface area contributed by atoms with Crippen LogP contribution in [0.5, 0.6) is 0 Å². The van der Waals surface area contributed by atoms with Crippen molar-refractivity contribution in [3.05, 3.63) is 24.3 Å². The van der Waals surface area contributed by atoms with Crippen LogP contribution in [0.3, 0.4) is 0 Å². The zero-order chi connectivity index (χ0) is 7.68. The highest BCUT2D eigenvalue weighted by molar-refractivity contribution is 5.66. The van der Waals surface area contributed by atoms with Crippen LogP contribution >= 0.6 is 0 Å². The lowest BCUT2D eigenvalue weighted by Crippen LogP contribution is -1.91. The average molecular weight is 147 g/mol. The normalized spacial score (nSPS) is 21.4. The third-order valence-electron chi connectivity index (χ3n) is 1.62. The summed E-state index contributed by atoms with van der Waals surface area (Å²) < 4.78 is 1.76. The first kappa shape index (κ1) is 6.34. The maximum Gasteiger partial charge on any atom is 0.153 e. The van der Waals surface area contributed by atoms with Crippen LogP contribution in [0, 0.1) is 5.92 Å². The first-order valence-corrected chi connectivity index (χ1v) is 3.62. The SMILES string of the molecule is CC1C=Cc2nccn2N=C1. The van der Waals surface area contributed by atoms with E-state index >= 15 is 0 Å². The fourth-order valence-corrected chi connectivity index (χ4v) is 0.990. The van der Waals surface area contributed by atoms with Crippen molar-refractivity contribution < 1.29 is 0 Å². The van der Waals surface area contributed by atoms with Gasteiger partial charge >= 0.3 is 0 Å². The Bertz CT molecular complexity index is 280. The number of rotatable bonds is 0. The van der Waals surface area contributed by atoms with E-state index in [0.29, 0.717) is 5.92 Å². The van der Waals surface area contributed by atoms with E-state index in [4.69, 9.17) is 0 Å². The number of nitrogens with zero attached hydrogens (tertiary/aromatic N) is 3. The lowest BCUT2D eigenvalue weighted by Gasteiger charge is -1.91. The first-order chi connectivity index (χ1) is 5.36. The molecule has 1 aliphatic heterocycles. The van der Waals surface area contributed by atoms with Crippen molar-refractivity contribution in [3.8, 4) is 0 Å². The van der Waals surface area contributed by atoms with Gasteiger partial charge in [-0.3, -0.25) is 0 Å². The molecule has 1 atom stereocenters. The molecule has 0 aromatic carbocycles. The van der Waals surface area contributed by atoms with Crippen molar-refractivity contribution in [3.63, 3.8) is 0 Å². The summed E-state index contributed by atoms with van der Waals surface area (Å²) in [6.07, 6.45) is 9.54. The van der Waals surface area contributed by atoms with Crippen LogP contribution in [0.2, 0.25) is 0 Å². The second-order valence-electron chi connectivity index (χ2n) is 2.61. The third kappa shape index (κ3) is 1.09. The molecule has 11 heavy (non-hydrogen) atoms. The van der Waals surface area contributed by atoms with Gasteiger partial charge in [0.05, 0.1) is 0 Å². The predicted octanol–water partition coefficient (Wildman–Crippen LogP) is 1.38. The Morgan fingerprint density at radius 3 is 3.36 bits per heavy atom. The lowest BCUT2D eigenvalue weighted by atomic mass is 10.2. The quantitative estimate of drug-likeness (QED) is 0.545. The number of fused-ring (bicyclic) bond motifs is 1. The minimum absolute atomic E-state index is 0.400. The summed E-state index contributed by atoms with van der Waals surface area (Å²) in [5.41, 5.74) is 0. The number of imidazole rings is 1. The van der Waals surface area contributed by atoms with Gasteiger partial charge in [-0.1, -0.05) is 13.0 Å². The van der Waals surface area contributed by atoms with Crippen molar-refractivity contribution in [2.45, 2.75) is 6.92 Å². The zero-order valence-corrected chi connectivity index (χ0v) is 6.31. The minimum atomic E-state index is 0.400. The van der Waals surface area contributed by atoms with Gasteiger partial charge in [0.25, 0.3) is 0 Å². The lowest BCUT2D eigenvalue weighted by molar-refractivity contribution is 0.860. The smallest absolute Gasteiger partial charge is 0.153 e. The Morgan fingerprint density at radius 2 is 2.45 bits per heavy atom. The van der Waals surface area contributed by atoms with Crippen molar-refractivity contribution in [2.24, 2.45) is 11.0 Å². The summed E-state index contributed by atoms with van der Waals surface area (Å²) >= 11 is 0. The van der Waals surface area contributed by atoms with Crippen molar-refractivity contribution >= 4 is 12.3 Å². The maximum atomic E-state index is 4.19. The second kappa shape index (κ2) is 2.34. The molecule has 1 aromatic heterocycles. The largest absolute Gasteiger partial charge is 0.236 e. The molecular weight excluding hydrogens is 138 g/mol. The Kier molecular flexibility index (Phi) is 1.35. The molecule has 1 aromatic rings. The highest BCUT2D eigenvalue weighted by Crippen LogP contribution is 2.06. The van der Waals surface area contributed by atoms with Gasteiger partial charge in [-0.15, -0.1) is 0 Å². The van der Waals surface area contributed by atoms with Crippen LogP contribution in [-0.2, 0) is 0 Å². The van der Waals surface area contributed by atoms with E-state index < -0.39 is 0 Å². The molecule has 56 valence electrons. The molecule has 0 aliphatic carbocycles. The van der Waals surface area contributed by atoms with E-state index in [9.17, 15) is 0 Å². The third-order valence-corrected chi connectivity index (χ3v) is 1.62. The molecule has 2 rings (SSSR count). The molecule has 0 saturated carbocycles. The summed E-state index contributed by atoms with van der Waals surface area (Å²) in [6, 6.07) is 0. The van der Waals surface area contributed by atoms with Gasteiger partial charge in [0.2, 0.25) is 0 Å². The standard InChI is InChI=1S/C8H9N3/c1-7-2-3-8-9-4-5-11(8)10-6-7/h2-7H,1H3. The Balaban J connectivity index is 2.48. The van der Waals surface area contributed by atoms with E-state index in [1.165, 1.54) is 0 Å². The molecule has 3 nitrogen and oxygen atoms in total. The van der Waals surface area contributed by atoms with Gasteiger partial charge in [0.1, 0.15) is 0 Å². The molecule has 0 N–H and O–H groups in total. The van der Waals surface area contributed by atoms with Crippen molar-refractivity contribution in [1.82, 2.24) is 9.66 Å². The Hall–Kier alpha value is -1.38. The summed E-state index contributed by atoms with van der Waals surface area (Å²) in [7, 11) is 0. The molecule has 0 saturated heterocycles. The number of hydrogen-bond acceptors (Lipinski definition) is 2. The molecule has 0 fully saturated rings. The van der Waals surface area contributed by atoms with E-state index in [-0.39, 0.29) is 0 Å². The molecule has 0 spiro atoms. The molecule has 2 heterocycles. The summed E-state index contributed by atoms with van der Waals surface area (Å²) in [4.78, 5) is 4.11. The highest BCUT2D eigenvalue weighted by Gasteiger charge is 2.01. The Morgan fingerprint density at radius 1 is 1.55 bits per heavy atom. The van der Waals surface area contributed by atoms with Gasteiger partial charge in [-0.25, -0.2) is 9.66 Å². The average Bonchev–Trinajstić information content (AvgIpc) is 2.38. The second-order valence-corrected chi connectivity index (χ2v) is 2.61. The molecule has 0 bridgehead atoms. The van der Waals surface area contributed by atoms with Gasteiger partial charge < -0.3 is 0 Å². The van der Waals surface area contributed by atoms with Gasteiger partial charge in [-0.2, -0.15) is 5.10 Å². The summed E-state index contributed by atoms with van der Waals surface area (Å²) in [6.45, 7) is 2.09. The van der Waals surface area contributed by atoms with Crippen LogP contribution in [-0.4, -0.2) is 15.9 Å². The molecule has 1 unspecified atom stereocenters. The fourth-order valence-electron chi connectivity index (χ4n) is 0.990. The van der Waals surface area contributed by atoms with Crippen molar-refractivity contribution in [1.29, 1.82) is 0 Å². The molecule has 1 aliphatic rings. The minimum Gasteiger partial charge on any atom is -0.236 e. The molecule has 3 heteroatoms. The predicted molar refractivity (Wildman–Crippen MR) is 44.3 cm³/mol.